The van der Waals surface area contributed by atoms with Gasteiger partial charge >= 0.3 is 5.97 Å². The number of pyridine rings is 1. The van der Waals surface area contributed by atoms with Crippen LogP contribution in [0.15, 0.2) is 71.7 Å². The molecular weight excluding hydrogens is 370 g/mol. The van der Waals surface area contributed by atoms with Crippen molar-refractivity contribution in [1.82, 2.24) is 4.57 Å². The van der Waals surface area contributed by atoms with Gasteiger partial charge in [-0.2, -0.15) is 0 Å². The van der Waals surface area contributed by atoms with Crippen LogP contribution in [0.3, 0.4) is 0 Å². The maximum atomic E-state index is 12.4. The third kappa shape index (κ3) is 5.48. The largest absolute Gasteiger partial charge is 0.487 e. The van der Waals surface area contributed by atoms with E-state index in [1.165, 1.54) is 6.07 Å². The summed E-state index contributed by atoms with van der Waals surface area (Å²) in [6.07, 6.45) is 1.65. The van der Waals surface area contributed by atoms with Crippen molar-refractivity contribution in [2.75, 3.05) is 6.61 Å². The van der Waals surface area contributed by atoms with E-state index in [0.29, 0.717) is 30.2 Å². The Balaban J connectivity index is 1.66. The Bertz CT molecular complexity index is 1030. The van der Waals surface area contributed by atoms with E-state index >= 15 is 0 Å². The first-order valence-corrected chi connectivity index (χ1v) is 9.33. The summed E-state index contributed by atoms with van der Waals surface area (Å²) in [7, 11) is 1.82. The fraction of sp³-hybridized carbons (Fsp3) is 0.217. The molecule has 0 saturated carbocycles. The van der Waals surface area contributed by atoms with E-state index in [4.69, 9.17) is 14.2 Å². The predicted molar refractivity (Wildman–Crippen MR) is 109 cm³/mol. The highest BCUT2D eigenvalue weighted by atomic mass is 16.5. The first-order chi connectivity index (χ1) is 14.1. The molecule has 1 aromatic heterocycles. The van der Waals surface area contributed by atoms with Gasteiger partial charge in [-0.05, 0) is 30.7 Å². The second-order valence-electron chi connectivity index (χ2n) is 6.42. The molecule has 3 rings (SSSR count). The van der Waals surface area contributed by atoms with Crippen LogP contribution in [0.2, 0.25) is 0 Å². The van der Waals surface area contributed by atoms with E-state index in [2.05, 4.69) is 0 Å². The maximum Gasteiger partial charge on any atom is 0.338 e. The molecule has 0 aliphatic heterocycles. The number of rotatable bonds is 8. The SMILES string of the molecule is CCOC(=O)c1cccc(OCc2cc(=O)c(OCc3ccccc3)cn2C)c1. The van der Waals surface area contributed by atoms with E-state index in [1.807, 2.05) is 37.4 Å². The van der Waals surface area contributed by atoms with Gasteiger partial charge in [-0.1, -0.05) is 36.4 Å². The standard InChI is InChI=1S/C23H23NO5/c1-3-27-23(26)18-10-7-11-20(12-18)28-16-19-13-21(25)22(14-24(19)2)29-15-17-8-5-4-6-9-17/h4-14H,3,15-16H2,1-2H3. The number of aromatic nitrogens is 1. The van der Waals surface area contributed by atoms with Crippen LogP contribution in [-0.2, 0) is 25.0 Å². The van der Waals surface area contributed by atoms with Gasteiger partial charge in [0.2, 0.25) is 5.43 Å². The van der Waals surface area contributed by atoms with Crippen molar-refractivity contribution in [3.8, 4) is 11.5 Å². The summed E-state index contributed by atoms with van der Waals surface area (Å²) in [6.45, 7) is 2.57. The van der Waals surface area contributed by atoms with E-state index in [-0.39, 0.29) is 17.8 Å². The van der Waals surface area contributed by atoms with Crippen LogP contribution in [0.5, 0.6) is 11.5 Å². The summed E-state index contributed by atoms with van der Waals surface area (Å²) in [5.41, 5.74) is 1.88. The van der Waals surface area contributed by atoms with E-state index in [0.717, 1.165) is 5.56 Å². The van der Waals surface area contributed by atoms with Gasteiger partial charge in [0.05, 0.1) is 24.1 Å². The smallest absolute Gasteiger partial charge is 0.338 e. The molecule has 0 N–H and O–H groups in total. The lowest BCUT2D eigenvalue weighted by Gasteiger charge is -2.13. The number of esters is 1. The summed E-state index contributed by atoms with van der Waals surface area (Å²) in [4.78, 5) is 24.2. The highest BCUT2D eigenvalue weighted by Gasteiger charge is 2.10. The van der Waals surface area contributed by atoms with Crippen LogP contribution in [0, 0.1) is 0 Å². The van der Waals surface area contributed by atoms with Gasteiger partial charge in [0.1, 0.15) is 19.0 Å². The molecule has 1 heterocycles. The second kappa shape index (κ2) is 9.59. The molecule has 0 saturated heterocycles. The number of nitrogens with zero attached hydrogens (tertiary/aromatic N) is 1. The molecule has 0 spiro atoms. The minimum absolute atomic E-state index is 0.178. The molecule has 0 aliphatic carbocycles. The number of benzene rings is 2. The molecule has 6 heteroatoms. The number of hydrogen-bond acceptors (Lipinski definition) is 5. The summed E-state index contributed by atoms with van der Waals surface area (Å²) in [5.74, 6) is 0.405. The molecule has 2 aromatic carbocycles. The molecule has 0 amide bonds. The number of aryl methyl sites for hydroxylation is 1. The lowest BCUT2D eigenvalue weighted by atomic mass is 10.2. The van der Waals surface area contributed by atoms with Crippen molar-refractivity contribution in [3.05, 3.63) is 93.9 Å². The summed E-state index contributed by atoms with van der Waals surface area (Å²) in [6, 6.07) is 17.9. The van der Waals surface area contributed by atoms with Crippen LogP contribution >= 0.6 is 0 Å². The Hall–Kier alpha value is -3.54. The van der Waals surface area contributed by atoms with Gasteiger partial charge in [-0.25, -0.2) is 4.79 Å². The highest BCUT2D eigenvalue weighted by molar-refractivity contribution is 5.89. The minimum atomic E-state index is -0.398. The third-order valence-corrected chi connectivity index (χ3v) is 4.27. The van der Waals surface area contributed by atoms with Crippen LogP contribution < -0.4 is 14.9 Å². The van der Waals surface area contributed by atoms with Gasteiger partial charge in [0, 0.05) is 13.1 Å². The lowest BCUT2D eigenvalue weighted by Crippen LogP contribution is -2.15. The van der Waals surface area contributed by atoms with Crippen molar-refractivity contribution < 1.29 is 19.0 Å². The van der Waals surface area contributed by atoms with Gasteiger partial charge in [0.15, 0.2) is 5.75 Å². The molecule has 6 nitrogen and oxygen atoms in total. The Morgan fingerprint density at radius 1 is 0.966 bits per heavy atom. The molecule has 0 bridgehead atoms. The van der Waals surface area contributed by atoms with Crippen molar-refractivity contribution in [3.63, 3.8) is 0 Å². The fourth-order valence-corrected chi connectivity index (χ4v) is 2.72. The van der Waals surface area contributed by atoms with Crippen LogP contribution in [0.25, 0.3) is 0 Å². The first kappa shape index (κ1) is 20.2. The Kier molecular flexibility index (Phi) is 6.68. The first-order valence-electron chi connectivity index (χ1n) is 9.33. The fourth-order valence-electron chi connectivity index (χ4n) is 2.72. The maximum absolute atomic E-state index is 12.4. The predicted octanol–water partition coefficient (Wildman–Crippen LogP) is 3.72. The monoisotopic (exact) mass is 393 g/mol. The summed E-state index contributed by atoms with van der Waals surface area (Å²) in [5, 5.41) is 0. The highest BCUT2D eigenvalue weighted by Crippen LogP contribution is 2.16. The van der Waals surface area contributed by atoms with Crippen molar-refractivity contribution in [2.45, 2.75) is 20.1 Å². The molecule has 0 unspecified atom stereocenters. The molecular formula is C23H23NO5. The second-order valence-corrected chi connectivity index (χ2v) is 6.42. The normalized spacial score (nSPS) is 10.4. The zero-order valence-electron chi connectivity index (χ0n) is 16.5. The van der Waals surface area contributed by atoms with Gasteiger partial charge < -0.3 is 18.8 Å². The molecule has 0 fully saturated rings. The molecule has 3 aromatic rings. The zero-order valence-corrected chi connectivity index (χ0v) is 16.5. The van der Waals surface area contributed by atoms with E-state index < -0.39 is 5.97 Å². The summed E-state index contributed by atoms with van der Waals surface area (Å²) >= 11 is 0. The van der Waals surface area contributed by atoms with Crippen molar-refractivity contribution in [1.29, 1.82) is 0 Å². The lowest BCUT2D eigenvalue weighted by molar-refractivity contribution is 0.0526. The van der Waals surface area contributed by atoms with Crippen LogP contribution in [0.4, 0.5) is 0 Å². The average Bonchev–Trinajstić information content (AvgIpc) is 2.74. The molecule has 0 atom stereocenters. The molecule has 0 aliphatic rings. The molecule has 29 heavy (non-hydrogen) atoms. The number of ether oxygens (including phenoxy) is 3. The van der Waals surface area contributed by atoms with Crippen molar-refractivity contribution in [2.24, 2.45) is 7.05 Å². The Labute approximate surface area is 169 Å². The van der Waals surface area contributed by atoms with E-state index in [1.54, 1.807) is 42.0 Å². The van der Waals surface area contributed by atoms with Gasteiger partial charge in [-0.3, -0.25) is 4.79 Å². The van der Waals surface area contributed by atoms with E-state index in [9.17, 15) is 9.59 Å². The number of carbonyl (C=O) groups excluding carboxylic acids is 1. The topological polar surface area (TPSA) is 66.8 Å². The third-order valence-electron chi connectivity index (χ3n) is 4.27. The van der Waals surface area contributed by atoms with Gasteiger partial charge in [0.25, 0.3) is 0 Å². The minimum Gasteiger partial charge on any atom is -0.487 e. The molecule has 0 radical (unpaired) electrons. The number of carbonyl (C=O) groups is 1. The van der Waals surface area contributed by atoms with Gasteiger partial charge in [-0.15, -0.1) is 0 Å². The quantitative estimate of drug-likeness (QED) is 0.546. The number of hydrogen-bond donors (Lipinski definition) is 0. The Morgan fingerprint density at radius 2 is 1.76 bits per heavy atom. The van der Waals surface area contributed by atoms with Crippen molar-refractivity contribution >= 4 is 5.97 Å². The Morgan fingerprint density at radius 3 is 2.52 bits per heavy atom. The zero-order chi connectivity index (χ0) is 20.6. The molecule has 150 valence electrons. The van der Waals surface area contributed by atoms with Crippen LogP contribution in [-0.4, -0.2) is 17.1 Å². The van der Waals surface area contributed by atoms with Crippen LogP contribution in [0.1, 0.15) is 28.5 Å². The average molecular weight is 393 g/mol. The summed E-state index contributed by atoms with van der Waals surface area (Å²) < 4.78 is 18.2.